The number of para-hydroxylation sites is 1. The van der Waals surface area contributed by atoms with E-state index in [0.717, 1.165) is 44.0 Å². The summed E-state index contributed by atoms with van der Waals surface area (Å²) in [6.07, 6.45) is 3.44. The largest absolute Gasteiger partial charge is 0.492 e. The molecule has 0 saturated carbocycles. The van der Waals surface area contributed by atoms with E-state index in [1.165, 1.54) is 0 Å². The normalized spacial score (nSPS) is 15.3. The lowest BCUT2D eigenvalue weighted by atomic mass is 10.2. The number of hydrogen-bond donors (Lipinski definition) is 0. The average Bonchev–Trinajstić information content (AvgIpc) is 2.68. The number of carbonyl (C=O) groups excluding carboxylic acids is 1. The van der Waals surface area contributed by atoms with Gasteiger partial charge in [-0.05, 0) is 35.9 Å². The van der Waals surface area contributed by atoms with Crippen LogP contribution in [0.3, 0.4) is 0 Å². The zero-order valence-corrected chi connectivity index (χ0v) is 15.4. The van der Waals surface area contributed by atoms with E-state index in [4.69, 9.17) is 16.3 Å². The monoisotopic (exact) mass is 370 g/mol. The topological polar surface area (TPSA) is 32.8 Å². The number of ether oxygens (including phenoxy) is 1. The van der Waals surface area contributed by atoms with Gasteiger partial charge in [0.2, 0.25) is 5.91 Å². The molecule has 0 aromatic heterocycles. The molecule has 0 radical (unpaired) electrons. The molecule has 2 aromatic rings. The summed E-state index contributed by atoms with van der Waals surface area (Å²) in [4.78, 5) is 16.5. The molecule has 0 N–H and O–H groups in total. The molecule has 0 bridgehead atoms. The molecule has 1 heterocycles. The molecule has 1 aliphatic rings. The van der Waals surface area contributed by atoms with Gasteiger partial charge in [0.05, 0.1) is 0 Å². The van der Waals surface area contributed by atoms with Crippen LogP contribution < -0.4 is 4.74 Å². The van der Waals surface area contributed by atoms with Gasteiger partial charge in [-0.15, -0.1) is 0 Å². The predicted molar refractivity (Wildman–Crippen MR) is 105 cm³/mol. The Morgan fingerprint density at radius 1 is 1.04 bits per heavy atom. The molecule has 0 aliphatic carbocycles. The summed E-state index contributed by atoms with van der Waals surface area (Å²) in [6.45, 7) is 4.75. The lowest BCUT2D eigenvalue weighted by Crippen LogP contribution is -2.49. The van der Waals surface area contributed by atoms with Crippen molar-refractivity contribution < 1.29 is 9.53 Å². The Bertz CT molecular complexity index is 741. The van der Waals surface area contributed by atoms with Gasteiger partial charge < -0.3 is 9.64 Å². The van der Waals surface area contributed by atoms with Crippen LogP contribution in [0.5, 0.6) is 5.75 Å². The van der Waals surface area contributed by atoms with E-state index in [0.29, 0.717) is 11.6 Å². The summed E-state index contributed by atoms with van der Waals surface area (Å²) in [5.41, 5.74) is 0.933. The maximum Gasteiger partial charge on any atom is 0.246 e. The molecular formula is C21H23ClN2O2. The molecule has 136 valence electrons. The molecule has 1 amide bonds. The summed E-state index contributed by atoms with van der Waals surface area (Å²) < 4.78 is 5.74. The fraction of sp³-hybridized carbons (Fsp3) is 0.286. The Morgan fingerprint density at radius 2 is 1.81 bits per heavy atom. The predicted octanol–water partition coefficient (Wildman–Crippen LogP) is 3.58. The molecule has 0 atom stereocenters. The quantitative estimate of drug-likeness (QED) is 0.729. The molecule has 5 heteroatoms. The molecule has 1 saturated heterocycles. The fourth-order valence-electron chi connectivity index (χ4n) is 2.88. The SMILES string of the molecule is O=C(/C=C/c1cccc(Cl)c1)N1CCN(CCOc2ccccc2)CC1. The minimum absolute atomic E-state index is 0.0464. The number of benzene rings is 2. The molecule has 0 spiro atoms. The summed E-state index contributed by atoms with van der Waals surface area (Å²) in [5.74, 6) is 0.942. The molecule has 3 rings (SSSR count). The Hall–Kier alpha value is -2.30. The summed E-state index contributed by atoms with van der Waals surface area (Å²) in [6, 6.07) is 17.3. The lowest BCUT2D eigenvalue weighted by molar-refractivity contribution is -0.127. The number of rotatable bonds is 6. The van der Waals surface area contributed by atoms with Crippen molar-refractivity contribution in [2.45, 2.75) is 0 Å². The molecule has 1 fully saturated rings. The number of carbonyl (C=O) groups is 1. The summed E-state index contributed by atoms with van der Waals surface area (Å²) >= 11 is 5.96. The second kappa shape index (κ2) is 9.41. The van der Waals surface area contributed by atoms with E-state index in [1.54, 1.807) is 6.08 Å². The third-order valence-electron chi connectivity index (χ3n) is 4.37. The van der Waals surface area contributed by atoms with Crippen LogP contribution in [-0.4, -0.2) is 55.0 Å². The first-order chi connectivity index (χ1) is 12.7. The van der Waals surface area contributed by atoms with Crippen molar-refractivity contribution in [2.24, 2.45) is 0 Å². The van der Waals surface area contributed by atoms with Crippen molar-refractivity contribution in [1.82, 2.24) is 9.80 Å². The Kier molecular flexibility index (Phi) is 6.69. The van der Waals surface area contributed by atoms with E-state index in [2.05, 4.69) is 4.90 Å². The van der Waals surface area contributed by atoms with Crippen molar-refractivity contribution in [3.8, 4) is 5.75 Å². The van der Waals surface area contributed by atoms with E-state index in [-0.39, 0.29) is 5.91 Å². The lowest BCUT2D eigenvalue weighted by Gasteiger charge is -2.34. The Morgan fingerprint density at radius 3 is 2.54 bits per heavy atom. The Labute approximate surface area is 159 Å². The zero-order chi connectivity index (χ0) is 18.2. The van der Waals surface area contributed by atoms with Gasteiger partial charge in [-0.1, -0.05) is 41.9 Å². The highest BCUT2D eigenvalue weighted by Gasteiger charge is 2.19. The van der Waals surface area contributed by atoms with Gasteiger partial charge in [0.1, 0.15) is 12.4 Å². The van der Waals surface area contributed by atoms with Crippen LogP contribution in [0.2, 0.25) is 5.02 Å². The summed E-state index contributed by atoms with van der Waals surface area (Å²) in [7, 11) is 0. The van der Waals surface area contributed by atoms with Gasteiger partial charge in [0.15, 0.2) is 0 Å². The van der Waals surface area contributed by atoms with Crippen LogP contribution in [0.1, 0.15) is 5.56 Å². The van der Waals surface area contributed by atoms with Gasteiger partial charge in [-0.2, -0.15) is 0 Å². The van der Waals surface area contributed by atoms with Crippen LogP contribution in [0, 0.1) is 0 Å². The summed E-state index contributed by atoms with van der Waals surface area (Å²) in [5, 5.41) is 0.672. The van der Waals surface area contributed by atoms with Crippen molar-refractivity contribution in [2.75, 3.05) is 39.3 Å². The molecule has 4 nitrogen and oxygen atoms in total. The maximum atomic E-state index is 12.3. The fourth-order valence-corrected chi connectivity index (χ4v) is 3.08. The first kappa shape index (κ1) is 18.5. The van der Waals surface area contributed by atoms with Crippen LogP contribution in [0.15, 0.2) is 60.7 Å². The number of halogens is 1. The maximum absolute atomic E-state index is 12.3. The second-order valence-corrected chi connectivity index (χ2v) is 6.65. The number of piperazine rings is 1. The third-order valence-corrected chi connectivity index (χ3v) is 4.61. The molecule has 2 aromatic carbocycles. The Balaban J connectivity index is 1.39. The van der Waals surface area contributed by atoms with Crippen LogP contribution >= 0.6 is 11.6 Å². The first-order valence-electron chi connectivity index (χ1n) is 8.83. The van der Waals surface area contributed by atoms with E-state index < -0.39 is 0 Å². The average molecular weight is 371 g/mol. The first-order valence-corrected chi connectivity index (χ1v) is 9.21. The minimum Gasteiger partial charge on any atom is -0.492 e. The smallest absolute Gasteiger partial charge is 0.246 e. The third kappa shape index (κ3) is 5.61. The molecule has 26 heavy (non-hydrogen) atoms. The van der Waals surface area contributed by atoms with Crippen LogP contribution in [0.4, 0.5) is 0 Å². The van der Waals surface area contributed by atoms with Gasteiger partial charge in [0.25, 0.3) is 0 Å². The zero-order valence-electron chi connectivity index (χ0n) is 14.7. The van der Waals surface area contributed by atoms with Gasteiger partial charge >= 0.3 is 0 Å². The highest BCUT2D eigenvalue weighted by atomic mass is 35.5. The molecule has 0 unspecified atom stereocenters. The number of hydrogen-bond acceptors (Lipinski definition) is 3. The number of amides is 1. The van der Waals surface area contributed by atoms with Crippen molar-refractivity contribution in [3.05, 3.63) is 71.3 Å². The highest BCUT2D eigenvalue weighted by molar-refractivity contribution is 6.30. The van der Waals surface area contributed by atoms with E-state index in [1.807, 2.05) is 65.6 Å². The van der Waals surface area contributed by atoms with Gasteiger partial charge in [-0.25, -0.2) is 0 Å². The van der Waals surface area contributed by atoms with Crippen LogP contribution in [-0.2, 0) is 4.79 Å². The second-order valence-electron chi connectivity index (χ2n) is 6.22. The number of nitrogens with zero attached hydrogens (tertiary/aromatic N) is 2. The standard InChI is InChI=1S/C21H23ClN2O2/c22-19-6-4-5-18(17-19)9-10-21(25)24-13-11-23(12-14-24)15-16-26-20-7-2-1-3-8-20/h1-10,17H,11-16H2/b10-9+. The van der Waals surface area contributed by atoms with Crippen molar-refractivity contribution in [1.29, 1.82) is 0 Å². The van der Waals surface area contributed by atoms with Crippen molar-refractivity contribution >= 4 is 23.6 Å². The van der Waals surface area contributed by atoms with Crippen molar-refractivity contribution in [3.63, 3.8) is 0 Å². The highest BCUT2D eigenvalue weighted by Crippen LogP contribution is 2.12. The minimum atomic E-state index is 0.0464. The van der Waals surface area contributed by atoms with E-state index in [9.17, 15) is 4.79 Å². The molecular weight excluding hydrogens is 348 g/mol. The van der Waals surface area contributed by atoms with Crippen LogP contribution in [0.25, 0.3) is 6.08 Å². The molecule has 1 aliphatic heterocycles. The van der Waals surface area contributed by atoms with Gasteiger partial charge in [0, 0.05) is 43.8 Å². The van der Waals surface area contributed by atoms with E-state index >= 15 is 0 Å². The van der Waals surface area contributed by atoms with Gasteiger partial charge in [-0.3, -0.25) is 9.69 Å².